The van der Waals surface area contributed by atoms with Gasteiger partial charge in [0.15, 0.2) is 0 Å². The molecular formula is C13H22O6Si. The number of hydrogen-bond acceptors (Lipinski definition) is 6. The molecule has 0 amide bonds. The molecule has 0 atom stereocenters. The smallest absolute Gasteiger partial charge is 0.417 e. The Balaban J connectivity index is 5.42. The fraction of sp³-hybridized carbons (Fsp3) is 0.538. The predicted molar refractivity (Wildman–Crippen MR) is 76.0 cm³/mol. The van der Waals surface area contributed by atoms with Crippen LogP contribution in [0, 0.1) is 0 Å². The van der Waals surface area contributed by atoms with E-state index in [2.05, 4.69) is 13.2 Å². The zero-order chi connectivity index (χ0) is 15.6. The average Bonchev–Trinajstić information content (AvgIpc) is 2.45. The van der Waals surface area contributed by atoms with Gasteiger partial charge >= 0.3 is 21.2 Å². The SMILES string of the molecule is C=CC(=O)OC(CC)(OC(=O)C=C)[SiH](OCC)OCC. The Hall–Kier alpha value is -1.44. The van der Waals surface area contributed by atoms with Crippen LogP contribution in [-0.2, 0) is 27.9 Å². The summed E-state index contributed by atoms with van der Waals surface area (Å²) in [6.07, 6.45) is 2.20. The summed E-state index contributed by atoms with van der Waals surface area (Å²) >= 11 is 0. The zero-order valence-corrected chi connectivity index (χ0v) is 13.4. The molecule has 7 heteroatoms. The second kappa shape index (κ2) is 9.46. The van der Waals surface area contributed by atoms with Crippen LogP contribution in [0.15, 0.2) is 25.3 Å². The number of hydrogen-bond donors (Lipinski definition) is 0. The van der Waals surface area contributed by atoms with E-state index >= 15 is 0 Å². The zero-order valence-electron chi connectivity index (χ0n) is 12.2. The van der Waals surface area contributed by atoms with Crippen LogP contribution >= 0.6 is 0 Å². The fourth-order valence-corrected chi connectivity index (χ4v) is 3.42. The minimum Gasteiger partial charge on any atom is -0.418 e. The number of rotatable bonds is 10. The molecule has 0 aromatic heterocycles. The van der Waals surface area contributed by atoms with Crippen LogP contribution in [0.3, 0.4) is 0 Å². The van der Waals surface area contributed by atoms with Crippen LogP contribution < -0.4 is 0 Å². The third-order valence-corrected chi connectivity index (χ3v) is 5.00. The van der Waals surface area contributed by atoms with Gasteiger partial charge in [0.1, 0.15) is 0 Å². The van der Waals surface area contributed by atoms with Crippen molar-refractivity contribution >= 4 is 21.2 Å². The molecule has 0 saturated carbocycles. The molecule has 0 saturated heterocycles. The molecule has 0 radical (unpaired) electrons. The number of carbonyl (C=O) groups excluding carboxylic acids is 2. The molecule has 0 spiro atoms. The predicted octanol–water partition coefficient (Wildman–Crippen LogP) is 1.38. The van der Waals surface area contributed by atoms with Crippen molar-refractivity contribution in [2.45, 2.75) is 32.6 Å². The molecule has 0 unspecified atom stereocenters. The summed E-state index contributed by atoms with van der Waals surface area (Å²) in [5.74, 6) is -1.42. The Morgan fingerprint density at radius 2 is 1.40 bits per heavy atom. The van der Waals surface area contributed by atoms with E-state index in [1.807, 2.05) is 0 Å². The molecule has 114 valence electrons. The van der Waals surface area contributed by atoms with Crippen LogP contribution in [0.4, 0.5) is 0 Å². The molecule has 20 heavy (non-hydrogen) atoms. The monoisotopic (exact) mass is 302 g/mol. The Morgan fingerprint density at radius 1 is 1.00 bits per heavy atom. The Kier molecular flexibility index (Phi) is 8.78. The van der Waals surface area contributed by atoms with E-state index < -0.39 is 26.6 Å². The molecule has 0 aliphatic heterocycles. The molecule has 0 aliphatic carbocycles. The number of ether oxygens (including phenoxy) is 2. The van der Waals surface area contributed by atoms with E-state index in [4.69, 9.17) is 18.3 Å². The summed E-state index contributed by atoms with van der Waals surface area (Å²) in [7, 11) is -2.61. The lowest BCUT2D eigenvalue weighted by molar-refractivity contribution is -0.204. The van der Waals surface area contributed by atoms with Crippen molar-refractivity contribution in [3.8, 4) is 0 Å². The highest BCUT2D eigenvalue weighted by molar-refractivity contribution is 6.48. The summed E-state index contributed by atoms with van der Waals surface area (Å²) in [4.78, 5) is 23.0. The van der Waals surface area contributed by atoms with Gasteiger partial charge in [0.2, 0.25) is 0 Å². The van der Waals surface area contributed by atoms with Gasteiger partial charge in [0.05, 0.1) is 0 Å². The molecular weight excluding hydrogens is 280 g/mol. The first-order valence-electron chi connectivity index (χ1n) is 6.43. The number of carbonyl (C=O) groups is 2. The maximum Gasteiger partial charge on any atom is 0.417 e. The minimum atomic E-state index is -2.61. The largest absolute Gasteiger partial charge is 0.418 e. The van der Waals surface area contributed by atoms with Crippen molar-refractivity contribution in [1.82, 2.24) is 0 Å². The van der Waals surface area contributed by atoms with Gasteiger partial charge in [-0.2, -0.15) is 0 Å². The number of esters is 2. The minimum absolute atomic E-state index is 0.211. The van der Waals surface area contributed by atoms with Gasteiger partial charge < -0.3 is 18.3 Å². The van der Waals surface area contributed by atoms with Gasteiger partial charge in [0, 0.05) is 31.8 Å². The average molecular weight is 302 g/mol. The maximum atomic E-state index is 11.5. The van der Waals surface area contributed by atoms with Crippen molar-refractivity contribution in [2.75, 3.05) is 13.2 Å². The fourth-order valence-electron chi connectivity index (χ4n) is 1.46. The molecule has 6 nitrogen and oxygen atoms in total. The van der Waals surface area contributed by atoms with Crippen LogP contribution in [0.2, 0.25) is 0 Å². The Labute approximate surface area is 121 Å². The van der Waals surface area contributed by atoms with E-state index in [0.29, 0.717) is 13.2 Å². The van der Waals surface area contributed by atoms with Crippen molar-refractivity contribution in [2.24, 2.45) is 0 Å². The second-order valence-electron chi connectivity index (χ2n) is 3.66. The summed E-state index contributed by atoms with van der Waals surface area (Å²) in [5.41, 5.74) is -1.54. The van der Waals surface area contributed by atoms with E-state index in [1.54, 1.807) is 20.8 Å². The quantitative estimate of drug-likeness (QED) is 0.263. The molecule has 0 rings (SSSR count). The van der Waals surface area contributed by atoms with E-state index in [9.17, 15) is 9.59 Å². The van der Waals surface area contributed by atoms with Gasteiger partial charge in [-0.3, -0.25) is 0 Å². The molecule has 0 aromatic rings. The van der Waals surface area contributed by atoms with Gasteiger partial charge in [-0.05, 0) is 13.8 Å². The Bertz CT molecular complexity index is 327. The highest BCUT2D eigenvalue weighted by Crippen LogP contribution is 2.24. The standard InChI is InChI=1S/C13H22O6Si/c1-6-11(14)18-13(8-3,19-12(15)7-2)20(16-9-4)17-10-5/h6-7,20H,1-2,8-10H2,3-5H3. The third-order valence-electron chi connectivity index (χ3n) is 2.37. The van der Waals surface area contributed by atoms with E-state index in [-0.39, 0.29) is 6.42 Å². The summed E-state index contributed by atoms with van der Waals surface area (Å²) in [6.45, 7) is 12.6. The highest BCUT2D eigenvalue weighted by atomic mass is 28.3. The van der Waals surface area contributed by atoms with Gasteiger partial charge in [-0.25, -0.2) is 9.59 Å². The first kappa shape index (κ1) is 18.6. The summed E-state index contributed by atoms with van der Waals surface area (Å²) in [5, 5.41) is 0. The van der Waals surface area contributed by atoms with Crippen molar-refractivity contribution < 1.29 is 27.9 Å². The second-order valence-corrected chi connectivity index (χ2v) is 5.87. The van der Waals surface area contributed by atoms with Crippen molar-refractivity contribution in [3.05, 3.63) is 25.3 Å². The molecule has 0 heterocycles. The first-order chi connectivity index (χ1) is 9.49. The lowest BCUT2D eigenvalue weighted by atomic mass is 10.4. The van der Waals surface area contributed by atoms with Crippen LogP contribution in [0.5, 0.6) is 0 Å². The lowest BCUT2D eigenvalue weighted by Gasteiger charge is -2.35. The van der Waals surface area contributed by atoms with Crippen LogP contribution in [0.25, 0.3) is 0 Å². The molecule has 0 N–H and O–H groups in total. The molecule has 0 aromatic carbocycles. The van der Waals surface area contributed by atoms with E-state index in [0.717, 1.165) is 12.2 Å². The molecule has 0 fully saturated rings. The third kappa shape index (κ3) is 5.28. The topological polar surface area (TPSA) is 71.1 Å². The normalized spacial score (nSPS) is 11.0. The van der Waals surface area contributed by atoms with Crippen LogP contribution in [-0.4, -0.2) is 39.8 Å². The van der Waals surface area contributed by atoms with Crippen molar-refractivity contribution in [1.29, 1.82) is 0 Å². The maximum absolute atomic E-state index is 11.5. The summed E-state index contributed by atoms with van der Waals surface area (Å²) in [6, 6.07) is 0. The van der Waals surface area contributed by atoms with Gasteiger partial charge in [-0.1, -0.05) is 20.1 Å². The van der Waals surface area contributed by atoms with Gasteiger partial charge in [0.25, 0.3) is 5.41 Å². The first-order valence-corrected chi connectivity index (χ1v) is 7.95. The summed E-state index contributed by atoms with van der Waals surface area (Å²) < 4.78 is 21.5. The van der Waals surface area contributed by atoms with Crippen LogP contribution in [0.1, 0.15) is 27.2 Å². The Morgan fingerprint density at radius 3 is 1.65 bits per heavy atom. The highest BCUT2D eigenvalue weighted by Gasteiger charge is 2.49. The van der Waals surface area contributed by atoms with Gasteiger partial charge in [-0.15, -0.1) is 0 Å². The lowest BCUT2D eigenvalue weighted by Crippen LogP contribution is -2.55. The van der Waals surface area contributed by atoms with E-state index in [1.165, 1.54) is 0 Å². The molecule has 0 bridgehead atoms. The van der Waals surface area contributed by atoms with Crippen molar-refractivity contribution in [3.63, 3.8) is 0 Å². The molecule has 0 aliphatic rings.